The van der Waals surface area contributed by atoms with E-state index in [4.69, 9.17) is 16.3 Å². The van der Waals surface area contributed by atoms with Gasteiger partial charge in [0.15, 0.2) is 0 Å². The van der Waals surface area contributed by atoms with Crippen molar-refractivity contribution in [3.8, 4) is 12.3 Å². The van der Waals surface area contributed by atoms with Gasteiger partial charge in [-0.1, -0.05) is 5.92 Å². The molecule has 0 aliphatic carbocycles. The molecule has 66 valence electrons. The second-order valence-electron chi connectivity index (χ2n) is 2.77. The SMILES string of the molecule is C#CCOCC1CN(C(=O)O)C1. The quantitative estimate of drug-likeness (QED) is 0.486. The van der Waals surface area contributed by atoms with Crippen LogP contribution < -0.4 is 0 Å². The van der Waals surface area contributed by atoms with Crippen LogP contribution in [0.5, 0.6) is 0 Å². The average molecular weight is 169 g/mol. The number of amides is 1. The van der Waals surface area contributed by atoms with Gasteiger partial charge in [-0.2, -0.15) is 0 Å². The largest absolute Gasteiger partial charge is 0.465 e. The molecule has 0 bridgehead atoms. The fourth-order valence-electron chi connectivity index (χ4n) is 1.12. The van der Waals surface area contributed by atoms with Crippen LogP contribution in [-0.4, -0.2) is 42.4 Å². The molecular weight excluding hydrogens is 158 g/mol. The summed E-state index contributed by atoms with van der Waals surface area (Å²) in [5.74, 6) is 2.68. The maximum atomic E-state index is 10.3. The average Bonchev–Trinajstić information content (AvgIpc) is 1.93. The monoisotopic (exact) mass is 169 g/mol. The standard InChI is InChI=1S/C8H11NO3/c1-2-3-12-6-7-4-9(5-7)8(10)11/h1,7H,3-6H2,(H,10,11). The molecule has 0 spiro atoms. The molecule has 1 heterocycles. The number of terminal acetylenes is 1. The van der Waals surface area contributed by atoms with Crippen molar-refractivity contribution < 1.29 is 14.6 Å². The van der Waals surface area contributed by atoms with Crippen LogP contribution in [0.25, 0.3) is 0 Å². The first-order valence-electron chi connectivity index (χ1n) is 3.73. The smallest absolute Gasteiger partial charge is 0.407 e. The Morgan fingerprint density at radius 3 is 2.92 bits per heavy atom. The summed E-state index contributed by atoms with van der Waals surface area (Å²) in [6.45, 7) is 2.01. The molecule has 12 heavy (non-hydrogen) atoms. The Morgan fingerprint density at radius 1 is 1.75 bits per heavy atom. The number of carboxylic acid groups (broad SMARTS) is 1. The number of hydrogen-bond donors (Lipinski definition) is 1. The normalized spacial score (nSPS) is 16.8. The molecule has 0 aromatic rings. The van der Waals surface area contributed by atoms with Gasteiger partial charge in [-0.3, -0.25) is 0 Å². The number of likely N-dealkylation sites (tertiary alicyclic amines) is 1. The van der Waals surface area contributed by atoms with Crippen LogP contribution >= 0.6 is 0 Å². The molecule has 0 unspecified atom stereocenters. The maximum Gasteiger partial charge on any atom is 0.407 e. The Morgan fingerprint density at radius 2 is 2.42 bits per heavy atom. The maximum absolute atomic E-state index is 10.3. The summed E-state index contributed by atoms with van der Waals surface area (Å²) in [5.41, 5.74) is 0. The highest BCUT2D eigenvalue weighted by atomic mass is 16.5. The summed E-state index contributed by atoms with van der Waals surface area (Å²) >= 11 is 0. The lowest BCUT2D eigenvalue weighted by atomic mass is 10.0. The van der Waals surface area contributed by atoms with Crippen molar-refractivity contribution >= 4 is 6.09 Å². The molecule has 1 aliphatic heterocycles. The third-order valence-corrected chi connectivity index (χ3v) is 1.77. The number of ether oxygens (including phenoxy) is 1. The lowest BCUT2D eigenvalue weighted by Crippen LogP contribution is -2.51. The zero-order valence-electron chi connectivity index (χ0n) is 6.69. The molecular formula is C8H11NO3. The van der Waals surface area contributed by atoms with E-state index in [1.807, 2.05) is 0 Å². The molecule has 0 saturated carbocycles. The molecule has 1 saturated heterocycles. The summed E-state index contributed by atoms with van der Waals surface area (Å²) < 4.78 is 5.06. The first-order valence-corrected chi connectivity index (χ1v) is 3.73. The Bertz CT molecular complexity index is 203. The van der Waals surface area contributed by atoms with Crippen molar-refractivity contribution in [1.29, 1.82) is 0 Å². The van der Waals surface area contributed by atoms with Gasteiger partial charge < -0.3 is 14.7 Å². The second kappa shape index (κ2) is 3.98. The van der Waals surface area contributed by atoms with E-state index < -0.39 is 6.09 Å². The molecule has 1 N–H and O–H groups in total. The highest BCUT2D eigenvalue weighted by Crippen LogP contribution is 2.15. The first-order chi connectivity index (χ1) is 5.74. The van der Waals surface area contributed by atoms with Crippen LogP contribution in [0.1, 0.15) is 0 Å². The van der Waals surface area contributed by atoms with Gasteiger partial charge in [-0.05, 0) is 0 Å². The van der Waals surface area contributed by atoms with Gasteiger partial charge in [0.05, 0.1) is 6.61 Å². The van der Waals surface area contributed by atoms with Gasteiger partial charge in [-0.15, -0.1) is 6.42 Å². The van der Waals surface area contributed by atoms with Crippen LogP contribution in [-0.2, 0) is 4.74 Å². The number of carbonyl (C=O) groups is 1. The van der Waals surface area contributed by atoms with E-state index in [1.165, 1.54) is 4.90 Å². The van der Waals surface area contributed by atoms with E-state index >= 15 is 0 Å². The third-order valence-electron chi connectivity index (χ3n) is 1.77. The molecule has 1 rings (SSSR count). The van der Waals surface area contributed by atoms with Crippen LogP contribution in [0, 0.1) is 18.3 Å². The van der Waals surface area contributed by atoms with Gasteiger partial charge in [0.25, 0.3) is 0 Å². The predicted octanol–water partition coefficient (Wildman–Crippen LogP) is 0.246. The molecule has 0 atom stereocenters. The minimum Gasteiger partial charge on any atom is -0.465 e. The molecule has 4 heteroatoms. The molecule has 1 amide bonds. The molecule has 0 aromatic heterocycles. The summed E-state index contributed by atoms with van der Waals surface area (Å²) in [7, 11) is 0. The van der Waals surface area contributed by atoms with Crippen molar-refractivity contribution in [2.45, 2.75) is 0 Å². The zero-order chi connectivity index (χ0) is 8.97. The van der Waals surface area contributed by atoms with Gasteiger partial charge in [0.1, 0.15) is 6.61 Å². The van der Waals surface area contributed by atoms with E-state index in [0.717, 1.165) is 0 Å². The zero-order valence-corrected chi connectivity index (χ0v) is 6.69. The van der Waals surface area contributed by atoms with Crippen LogP contribution in [0.3, 0.4) is 0 Å². The summed E-state index contributed by atoms with van der Waals surface area (Å²) in [6.07, 6.45) is 4.11. The molecule has 1 aliphatic rings. The topological polar surface area (TPSA) is 49.8 Å². The number of rotatable bonds is 3. The number of hydrogen-bond acceptors (Lipinski definition) is 2. The van der Waals surface area contributed by atoms with Crippen molar-refractivity contribution in [2.75, 3.05) is 26.3 Å². The van der Waals surface area contributed by atoms with Gasteiger partial charge in [-0.25, -0.2) is 4.79 Å². The Hall–Kier alpha value is -1.21. The van der Waals surface area contributed by atoms with Crippen molar-refractivity contribution in [3.63, 3.8) is 0 Å². The van der Waals surface area contributed by atoms with E-state index in [1.54, 1.807) is 0 Å². The summed E-state index contributed by atoms with van der Waals surface area (Å²) in [4.78, 5) is 11.7. The summed E-state index contributed by atoms with van der Waals surface area (Å²) in [5, 5.41) is 8.48. The highest BCUT2D eigenvalue weighted by molar-refractivity contribution is 5.65. The minimum absolute atomic E-state index is 0.309. The van der Waals surface area contributed by atoms with E-state index in [2.05, 4.69) is 5.92 Å². The van der Waals surface area contributed by atoms with E-state index in [0.29, 0.717) is 32.2 Å². The van der Waals surface area contributed by atoms with E-state index in [9.17, 15) is 4.79 Å². The van der Waals surface area contributed by atoms with Crippen LogP contribution in [0.2, 0.25) is 0 Å². The predicted molar refractivity (Wildman–Crippen MR) is 42.7 cm³/mol. The Kier molecular flexibility index (Phi) is 2.94. The Labute approximate surface area is 71.1 Å². The van der Waals surface area contributed by atoms with Crippen molar-refractivity contribution in [1.82, 2.24) is 4.90 Å². The van der Waals surface area contributed by atoms with Crippen LogP contribution in [0.4, 0.5) is 4.79 Å². The number of nitrogens with zero attached hydrogens (tertiary/aromatic N) is 1. The molecule has 0 aromatic carbocycles. The fraction of sp³-hybridized carbons (Fsp3) is 0.625. The molecule has 4 nitrogen and oxygen atoms in total. The van der Waals surface area contributed by atoms with Crippen molar-refractivity contribution in [2.24, 2.45) is 5.92 Å². The lowest BCUT2D eigenvalue weighted by molar-refractivity contribution is 0.0292. The highest BCUT2D eigenvalue weighted by Gasteiger charge is 2.30. The second-order valence-corrected chi connectivity index (χ2v) is 2.77. The third kappa shape index (κ3) is 2.14. The molecule has 0 radical (unpaired) electrons. The van der Waals surface area contributed by atoms with Crippen LogP contribution in [0.15, 0.2) is 0 Å². The van der Waals surface area contributed by atoms with Gasteiger partial charge >= 0.3 is 6.09 Å². The lowest BCUT2D eigenvalue weighted by Gasteiger charge is -2.36. The Balaban J connectivity index is 2.03. The molecule has 1 fully saturated rings. The van der Waals surface area contributed by atoms with Crippen molar-refractivity contribution in [3.05, 3.63) is 0 Å². The van der Waals surface area contributed by atoms with E-state index in [-0.39, 0.29) is 0 Å². The summed E-state index contributed by atoms with van der Waals surface area (Å²) in [6, 6.07) is 0. The van der Waals surface area contributed by atoms with Gasteiger partial charge in [0.2, 0.25) is 0 Å². The first kappa shape index (κ1) is 8.88. The minimum atomic E-state index is -0.858. The van der Waals surface area contributed by atoms with Gasteiger partial charge in [0, 0.05) is 19.0 Å². The fourth-order valence-corrected chi connectivity index (χ4v) is 1.12.